The van der Waals surface area contributed by atoms with E-state index in [9.17, 15) is 14.4 Å². The summed E-state index contributed by atoms with van der Waals surface area (Å²) in [5.74, 6) is -0.404. The lowest BCUT2D eigenvalue weighted by Gasteiger charge is -2.19. The summed E-state index contributed by atoms with van der Waals surface area (Å²) in [7, 11) is 1.74. The van der Waals surface area contributed by atoms with Gasteiger partial charge in [0.15, 0.2) is 0 Å². The maximum atomic E-state index is 12.1. The zero-order valence-corrected chi connectivity index (χ0v) is 13.2. The third kappa shape index (κ3) is 3.93. The van der Waals surface area contributed by atoms with Gasteiger partial charge in [-0.05, 0) is 17.5 Å². The summed E-state index contributed by atoms with van der Waals surface area (Å²) in [6.07, 6.45) is 1.72. The maximum Gasteiger partial charge on any atom is 0.229 e. The van der Waals surface area contributed by atoms with E-state index in [2.05, 4.69) is 19.1 Å². The van der Waals surface area contributed by atoms with E-state index in [4.69, 9.17) is 0 Å². The maximum absolute atomic E-state index is 12.1. The Morgan fingerprint density at radius 3 is 2.18 bits per heavy atom. The van der Waals surface area contributed by atoms with Crippen LogP contribution in [0.1, 0.15) is 37.3 Å². The fraction of sp³-hybridized carbons (Fsp3) is 0.471. The first-order chi connectivity index (χ1) is 10.5. The van der Waals surface area contributed by atoms with Crippen LogP contribution in [0.4, 0.5) is 0 Å². The molecule has 2 rings (SSSR count). The van der Waals surface area contributed by atoms with Crippen LogP contribution >= 0.6 is 0 Å². The minimum atomic E-state index is -0.171. The number of hydrogen-bond acceptors (Lipinski definition) is 3. The number of carbonyl (C=O) groups is 3. The number of aryl methyl sites for hydroxylation is 1. The van der Waals surface area contributed by atoms with Gasteiger partial charge in [-0.1, -0.05) is 31.2 Å². The van der Waals surface area contributed by atoms with Crippen molar-refractivity contribution in [2.24, 2.45) is 0 Å². The Bertz CT molecular complexity index is 550. The van der Waals surface area contributed by atoms with Crippen LogP contribution in [-0.4, -0.2) is 41.1 Å². The molecule has 0 aromatic heterocycles. The van der Waals surface area contributed by atoms with Crippen LogP contribution in [0.2, 0.25) is 0 Å². The number of imide groups is 1. The molecule has 1 saturated heterocycles. The van der Waals surface area contributed by atoms with Gasteiger partial charge in [0.25, 0.3) is 0 Å². The highest BCUT2D eigenvalue weighted by atomic mass is 16.2. The van der Waals surface area contributed by atoms with Crippen molar-refractivity contribution in [2.45, 2.75) is 39.2 Å². The number of carbonyl (C=O) groups excluding carboxylic acids is 3. The van der Waals surface area contributed by atoms with Crippen molar-refractivity contribution in [1.29, 1.82) is 0 Å². The number of likely N-dealkylation sites (tertiary alicyclic amines) is 1. The summed E-state index contributed by atoms with van der Waals surface area (Å²) in [6, 6.07) is 8.18. The molecule has 0 N–H and O–H groups in total. The van der Waals surface area contributed by atoms with Crippen molar-refractivity contribution < 1.29 is 14.4 Å². The highest BCUT2D eigenvalue weighted by Gasteiger charge is 2.29. The lowest BCUT2D eigenvalue weighted by Crippen LogP contribution is -2.34. The number of nitrogens with zero attached hydrogens (tertiary/aromatic N) is 2. The van der Waals surface area contributed by atoms with E-state index < -0.39 is 0 Å². The van der Waals surface area contributed by atoms with Crippen LogP contribution in [-0.2, 0) is 27.3 Å². The second-order valence-corrected chi connectivity index (χ2v) is 5.61. The largest absolute Gasteiger partial charge is 0.341 e. The Labute approximate surface area is 130 Å². The minimum Gasteiger partial charge on any atom is -0.341 e. The molecule has 1 fully saturated rings. The molecular formula is C17H22N2O3. The fourth-order valence-corrected chi connectivity index (χ4v) is 2.51. The van der Waals surface area contributed by atoms with Gasteiger partial charge in [0.05, 0.1) is 0 Å². The number of benzene rings is 1. The van der Waals surface area contributed by atoms with Crippen LogP contribution in [0.25, 0.3) is 0 Å². The molecule has 1 aliphatic rings. The zero-order chi connectivity index (χ0) is 16.1. The molecule has 1 aromatic rings. The Kier molecular flexibility index (Phi) is 5.31. The predicted octanol–water partition coefficient (Wildman–Crippen LogP) is 1.75. The SMILES string of the molecule is CCc1ccc(CN(C)C(=O)CCN2C(=O)CCC2=O)cc1. The van der Waals surface area contributed by atoms with Crippen LogP contribution in [0.5, 0.6) is 0 Å². The number of rotatable bonds is 6. The third-order valence-corrected chi connectivity index (χ3v) is 3.98. The van der Waals surface area contributed by atoms with Gasteiger partial charge in [0.2, 0.25) is 17.7 Å². The van der Waals surface area contributed by atoms with Gasteiger partial charge in [-0.2, -0.15) is 0 Å². The molecule has 0 bridgehead atoms. The van der Waals surface area contributed by atoms with E-state index in [0.717, 1.165) is 12.0 Å². The average molecular weight is 302 g/mol. The van der Waals surface area contributed by atoms with Gasteiger partial charge >= 0.3 is 0 Å². The molecule has 22 heavy (non-hydrogen) atoms. The van der Waals surface area contributed by atoms with Crippen LogP contribution in [0, 0.1) is 0 Å². The van der Waals surface area contributed by atoms with Crippen LogP contribution in [0.15, 0.2) is 24.3 Å². The quantitative estimate of drug-likeness (QED) is 0.752. The molecule has 1 heterocycles. The normalized spacial score (nSPS) is 14.5. The van der Waals surface area contributed by atoms with Gasteiger partial charge in [0.1, 0.15) is 0 Å². The standard InChI is InChI=1S/C17H22N2O3/c1-3-13-4-6-14(7-5-13)12-18(2)15(20)10-11-19-16(21)8-9-17(19)22/h4-7H,3,8-12H2,1-2H3. The molecule has 1 aromatic carbocycles. The molecule has 0 radical (unpaired) electrons. The van der Waals surface area contributed by atoms with Gasteiger partial charge in [-0.15, -0.1) is 0 Å². The van der Waals surface area contributed by atoms with Gasteiger partial charge < -0.3 is 4.90 Å². The number of amides is 3. The lowest BCUT2D eigenvalue weighted by atomic mass is 10.1. The molecule has 0 aliphatic carbocycles. The van der Waals surface area contributed by atoms with Crippen molar-refractivity contribution in [3.63, 3.8) is 0 Å². The molecule has 0 spiro atoms. The van der Waals surface area contributed by atoms with E-state index in [1.165, 1.54) is 10.5 Å². The summed E-state index contributed by atoms with van der Waals surface area (Å²) in [5.41, 5.74) is 2.34. The summed E-state index contributed by atoms with van der Waals surface area (Å²) in [6.45, 7) is 2.83. The van der Waals surface area contributed by atoms with E-state index >= 15 is 0 Å². The van der Waals surface area contributed by atoms with E-state index in [1.807, 2.05) is 12.1 Å². The Hall–Kier alpha value is -2.17. The monoisotopic (exact) mass is 302 g/mol. The van der Waals surface area contributed by atoms with Crippen molar-refractivity contribution in [3.8, 4) is 0 Å². The molecule has 0 unspecified atom stereocenters. The molecule has 3 amide bonds. The Morgan fingerprint density at radius 1 is 1.09 bits per heavy atom. The summed E-state index contributed by atoms with van der Waals surface area (Å²) < 4.78 is 0. The molecule has 118 valence electrons. The molecule has 0 saturated carbocycles. The zero-order valence-electron chi connectivity index (χ0n) is 13.2. The summed E-state index contributed by atoms with van der Waals surface area (Å²) in [4.78, 5) is 37.9. The second-order valence-electron chi connectivity index (χ2n) is 5.61. The molecular weight excluding hydrogens is 280 g/mol. The van der Waals surface area contributed by atoms with Crippen molar-refractivity contribution in [1.82, 2.24) is 9.80 Å². The van der Waals surface area contributed by atoms with Crippen molar-refractivity contribution in [2.75, 3.05) is 13.6 Å². The average Bonchev–Trinajstić information content (AvgIpc) is 2.84. The van der Waals surface area contributed by atoms with Crippen LogP contribution in [0.3, 0.4) is 0 Å². The summed E-state index contributed by atoms with van der Waals surface area (Å²) >= 11 is 0. The first kappa shape index (κ1) is 16.2. The van der Waals surface area contributed by atoms with E-state index in [1.54, 1.807) is 11.9 Å². The molecule has 5 nitrogen and oxygen atoms in total. The predicted molar refractivity (Wildman–Crippen MR) is 82.9 cm³/mol. The smallest absolute Gasteiger partial charge is 0.229 e. The van der Waals surface area contributed by atoms with E-state index in [-0.39, 0.29) is 43.5 Å². The summed E-state index contributed by atoms with van der Waals surface area (Å²) in [5, 5.41) is 0. The molecule has 5 heteroatoms. The third-order valence-electron chi connectivity index (χ3n) is 3.98. The Morgan fingerprint density at radius 2 is 1.64 bits per heavy atom. The first-order valence-corrected chi connectivity index (χ1v) is 7.66. The topological polar surface area (TPSA) is 57.7 Å². The highest BCUT2D eigenvalue weighted by Crippen LogP contribution is 2.13. The fourth-order valence-electron chi connectivity index (χ4n) is 2.51. The van der Waals surface area contributed by atoms with Crippen LogP contribution < -0.4 is 0 Å². The molecule has 1 aliphatic heterocycles. The minimum absolute atomic E-state index is 0.0629. The lowest BCUT2D eigenvalue weighted by molar-refractivity contribution is -0.139. The number of hydrogen-bond donors (Lipinski definition) is 0. The van der Waals surface area contributed by atoms with Gasteiger partial charge in [-0.25, -0.2) is 0 Å². The Balaban J connectivity index is 1.83. The first-order valence-electron chi connectivity index (χ1n) is 7.66. The van der Waals surface area contributed by atoms with Gasteiger partial charge in [0, 0.05) is 39.4 Å². The van der Waals surface area contributed by atoms with Crippen molar-refractivity contribution >= 4 is 17.7 Å². The highest BCUT2D eigenvalue weighted by molar-refractivity contribution is 6.02. The van der Waals surface area contributed by atoms with E-state index in [0.29, 0.717) is 6.54 Å². The van der Waals surface area contributed by atoms with Crippen molar-refractivity contribution in [3.05, 3.63) is 35.4 Å². The molecule has 0 atom stereocenters. The van der Waals surface area contributed by atoms with Gasteiger partial charge in [-0.3, -0.25) is 19.3 Å². The second kappa shape index (κ2) is 7.20.